The van der Waals surface area contributed by atoms with Crippen molar-refractivity contribution in [1.29, 1.82) is 0 Å². The summed E-state index contributed by atoms with van der Waals surface area (Å²) in [6, 6.07) is 19.2. The number of oxazole rings is 1. The highest BCUT2D eigenvalue weighted by molar-refractivity contribution is 9.10. The fraction of sp³-hybridized carbons (Fsp3) is 0.302. The number of allylic oxidation sites excluding steroid dienone is 1. The second-order valence-electron chi connectivity index (χ2n) is 15.0. The van der Waals surface area contributed by atoms with Gasteiger partial charge in [-0.25, -0.2) is 9.78 Å². The number of anilines is 1. The number of nitrogens with one attached hydrogen (secondary N) is 5. The number of carbonyl (C=O) groups excluding carboxylic acids is 3. The molecular weight excluding hydrogens is 776 g/mol. The van der Waals surface area contributed by atoms with Gasteiger partial charge in [0.1, 0.15) is 29.9 Å². The van der Waals surface area contributed by atoms with Crippen molar-refractivity contribution in [2.45, 2.75) is 69.9 Å². The van der Waals surface area contributed by atoms with Gasteiger partial charge in [-0.1, -0.05) is 80.6 Å². The van der Waals surface area contributed by atoms with E-state index in [1.54, 1.807) is 0 Å². The van der Waals surface area contributed by atoms with Crippen molar-refractivity contribution in [3.05, 3.63) is 140 Å². The number of carbonyl (C=O) groups is 3. The third-order valence-electron chi connectivity index (χ3n) is 11.1. The quantitative estimate of drug-likeness (QED) is 0.114. The molecule has 56 heavy (non-hydrogen) atoms. The number of hydrogen-bond acceptors (Lipinski definition) is 8. The number of aromatic amines is 1. The molecule has 2 aromatic heterocycles. The molecule has 3 amide bonds. The zero-order chi connectivity index (χ0) is 38.6. The molecule has 286 valence electrons. The van der Waals surface area contributed by atoms with Crippen LogP contribution >= 0.6 is 15.9 Å². The minimum absolute atomic E-state index is 0.0477. The van der Waals surface area contributed by atoms with Crippen molar-refractivity contribution >= 4 is 45.6 Å². The second-order valence-corrected chi connectivity index (χ2v) is 15.9. The van der Waals surface area contributed by atoms with Crippen LogP contribution < -0.4 is 26.0 Å². The molecule has 5 N–H and O–H groups in total. The van der Waals surface area contributed by atoms with E-state index in [4.69, 9.17) is 18.9 Å². The van der Waals surface area contributed by atoms with Crippen molar-refractivity contribution < 1.29 is 28.3 Å². The Hall–Kier alpha value is -5.82. The van der Waals surface area contributed by atoms with Crippen LogP contribution in [0.25, 0.3) is 6.08 Å². The summed E-state index contributed by atoms with van der Waals surface area (Å²) in [6.45, 7) is 4.29. The minimum atomic E-state index is -1.14. The molecule has 0 saturated heterocycles. The third-order valence-corrected chi connectivity index (χ3v) is 11.8. The van der Waals surface area contributed by atoms with Gasteiger partial charge < -0.3 is 40.1 Å². The van der Waals surface area contributed by atoms with E-state index in [0.717, 1.165) is 50.8 Å². The number of aromatic nitrogens is 2. The number of ether oxygens (including phenoxy) is 2. The Morgan fingerprint density at radius 3 is 2.77 bits per heavy atom. The Kier molecular flexibility index (Phi) is 9.19. The molecule has 5 heterocycles. The molecular formula is C43H41BrN6O6. The first kappa shape index (κ1) is 35.9. The molecule has 1 spiro atoms. The molecule has 3 aliphatic heterocycles. The van der Waals surface area contributed by atoms with E-state index in [1.807, 2.05) is 86.8 Å². The van der Waals surface area contributed by atoms with Gasteiger partial charge in [-0.2, -0.15) is 0 Å². The van der Waals surface area contributed by atoms with E-state index < -0.39 is 41.6 Å². The third kappa shape index (κ3) is 6.14. The van der Waals surface area contributed by atoms with Gasteiger partial charge in [0.15, 0.2) is 17.7 Å². The largest absolute Gasteiger partial charge is 0.469 e. The Labute approximate surface area is 332 Å². The zero-order valence-electron chi connectivity index (χ0n) is 30.9. The molecule has 4 bridgehead atoms. The van der Waals surface area contributed by atoms with Crippen LogP contribution in [-0.2, 0) is 40.8 Å². The van der Waals surface area contributed by atoms with Crippen molar-refractivity contribution in [2.24, 2.45) is 5.92 Å². The molecule has 9 rings (SSSR count). The highest BCUT2D eigenvalue weighted by Gasteiger charge is 2.61. The molecule has 5 aromatic rings. The number of H-pyrrole nitrogens is 1. The highest BCUT2D eigenvalue weighted by Crippen LogP contribution is 2.59. The summed E-state index contributed by atoms with van der Waals surface area (Å²) in [7, 11) is 0. The lowest BCUT2D eigenvalue weighted by atomic mass is 9.72. The number of para-hydroxylation sites is 1. The minimum Gasteiger partial charge on any atom is -0.469 e. The topological polar surface area (TPSA) is 160 Å². The number of halogens is 1. The van der Waals surface area contributed by atoms with Crippen LogP contribution in [0.3, 0.4) is 0 Å². The van der Waals surface area contributed by atoms with Gasteiger partial charge in [0.2, 0.25) is 11.8 Å². The van der Waals surface area contributed by atoms with Crippen LogP contribution in [0.4, 0.5) is 10.5 Å². The highest BCUT2D eigenvalue weighted by atomic mass is 79.9. The van der Waals surface area contributed by atoms with E-state index >= 15 is 0 Å². The van der Waals surface area contributed by atoms with E-state index in [2.05, 4.69) is 54.3 Å². The fourth-order valence-electron chi connectivity index (χ4n) is 8.37. The Morgan fingerprint density at radius 2 is 1.93 bits per heavy atom. The fourth-order valence-corrected chi connectivity index (χ4v) is 8.85. The number of aryl methyl sites for hydroxylation is 1. The maximum absolute atomic E-state index is 14.5. The summed E-state index contributed by atoms with van der Waals surface area (Å²) in [4.78, 5) is 50.2. The molecule has 4 aliphatic rings. The standard InChI is InChI=1S/C43H41BrN6O6/c1-23(2)34-40-49-36(39(52)45-18-17-26-21-46-31-14-7-6-11-27(26)31)37(56-40)43-28-12-8-13-30(44)35(28)50-41(43)55-33-16-15-25(19-29(33)43)20-32(38(51)48-34)47-42(53)54-22-24-9-4-3-5-10-24/h3-6,8-13,15-16,19,21,23,32,34,41,46,50H,7,14,17-18,20,22H2,1-2H3,(H,45,52)(H,47,53)(H,48,51)/t32-,34-,41?,43?/m0/s1. The summed E-state index contributed by atoms with van der Waals surface area (Å²) in [5, 5.41) is 12.6. The monoisotopic (exact) mass is 816 g/mol. The van der Waals surface area contributed by atoms with Gasteiger partial charge in [-0.3, -0.25) is 9.59 Å². The first-order valence-electron chi connectivity index (χ1n) is 19.0. The predicted octanol–water partition coefficient (Wildman–Crippen LogP) is 6.84. The molecule has 12 nitrogen and oxygen atoms in total. The van der Waals surface area contributed by atoms with E-state index in [-0.39, 0.29) is 30.5 Å². The lowest BCUT2D eigenvalue weighted by Gasteiger charge is -2.28. The molecule has 2 unspecified atom stereocenters. The summed E-state index contributed by atoms with van der Waals surface area (Å²) < 4.78 is 19.9. The number of alkyl carbamates (subject to hydrolysis) is 1. The van der Waals surface area contributed by atoms with Gasteiger partial charge in [0.05, 0.1) is 5.69 Å². The lowest BCUT2D eigenvalue weighted by molar-refractivity contribution is -0.124. The van der Waals surface area contributed by atoms with Crippen molar-refractivity contribution in [1.82, 2.24) is 25.9 Å². The summed E-state index contributed by atoms with van der Waals surface area (Å²) >= 11 is 3.73. The molecule has 0 saturated carbocycles. The first-order valence-corrected chi connectivity index (χ1v) is 19.8. The summed E-state index contributed by atoms with van der Waals surface area (Å²) in [5.74, 6) is 0.0206. The summed E-state index contributed by atoms with van der Waals surface area (Å²) in [5.41, 5.74) is 6.47. The Morgan fingerprint density at radius 1 is 1.07 bits per heavy atom. The van der Waals surface area contributed by atoms with Gasteiger partial charge in [0, 0.05) is 40.5 Å². The van der Waals surface area contributed by atoms with Crippen molar-refractivity contribution in [3.8, 4) is 5.75 Å². The van der Waals surface area contributed by atoms with Gasteiger partial charge in [-0.05, 0) is 75.5 Å². The van der Waals surface area contributed by atoms with E-state index in [0.29, 0.717) is 24.5 Å². The molecule has 0 radical (unpaired) electrons. The maximum atomic E-state index is 14.5. The van der Waals surface area contributed by atoms with Gasteiger partial charge in [-0.15, -0.1) is 0 Å². The molecule has 1 aliphatic carbocycles. The number of rotatable bonds is 8. The maximum Gasteiger partial charge on any atom is 0.408 e. The summed E-state index contributed by atoms with van der Waals surface area (Å²) in [6.07, 6.45) is 7.66. The van der Waals surface area contributed by atoms with Gasteiger partial charge in [0.25, 0.3) is 5.91 Å². The lowest BCUT2D eigenvalue weighted by Crippen LogP contribution is -2.49. The van der Waals surface area contributed by atoms with Crippen LogP contribution in [0.1, 0.15) is 87.5 Å². The predicted molar refractivity (Wildman–Crippen MR) is 212 cm³/mol. The number of nitrogens with zero attached hydrogens (tertiary/aromatic N) is 1. The van der Waals surface area contributed by atoms with Crippen molar-refractivity contribution in [3.63, 3.8) is 0 Å². The number of hydrogen-bond donors (Lipinski definition) is 5. The van der Waals surface area contributed by atoms with Gasteiger partial charge >= 0.3 is 6.09 Å². The van der Waals surface area contributed by atoms with E-state index in [9.17, 15) is 14.4 Å². The molecule has 3 aromatic carbocycles. The molecule has 0 fully saturated rings. The SMILES string of the molecule is CC(C)[C@@H]1NC(=O)[C@@H](NC(=O)OCc2ccccc2)Cc2ccc3c(c2)C2(c4cccc(Br)c4NC2O3)c2oc1nc2C(=O)NCCc1c[nH]c2c1C=CCC2. The van der Waals surface area contributed by atoms with Crippen LogP contribution in [-0.4, -0.2) is 46.7 Å². The van der Waals surface area contributed by atoms with Crippen LogP contribution in [0.5, 0.6) is 5.75 Å². The van der Waals surface area contributed by atoms with Crippen LogP contribution in [0.2, 0.25) is 0 Å². The molecule has 4 atom stereocenters. The first-order chi connectivity index (χ1) is 27.2. The van der Waals surface area contributed by atoms with Crippen molar-refractivity contribution in [2.75, 3.05) is 11.9 Å². The Bertz CT molecular complexity index is 2390. The van der Waals surface area contributed by atoms with Crippen LogP contribution in [0.15, 0.2) is 87.9 Å². The number of benzene rings is 3. The average molecular weight is 818 g/mol. The number of fused-ring (bicyclic) bond motifs is 5. The normalized spacial score (nSPS) is 21.4. The smallest absolute Gasteiger partial charge is 0.408 e. The average Bonchev–Trinajstić information content (AvgIpc) is 3.97. The van der Waals surface area contributed by atoms with Crippen LogP contribution in [0, 0.1) is 5.92 Å². The molecule has 13 heteroatoms. The van der Waals surface area contributed by atoms with E-state index in [1.165, 1.54) is 11.3 Å². The number of amides is 3. The second kappa shape index (κ2) is 14.4. The zero-order valence-corrected chi connectivity index (χ0v) is 32.5. The Balaban J connectivity index is 1.12.